The highest BCUT2D eigenvalue weighted by molar-refractivity contribution is 5.73. The summed E-state index contributed by atoms with van der Waals surface area (Å²) in [7, 11) is 0. The van der Waals surface area contributed by atoms with Crippen molar-refractivity contribution in [2.45, 2.75) is 13.3 Å². The molecular formula is C10H11O2. The van der Waals surface area contributed by atoms with Gasteiger partial charge in [0.1, 0.15) is 5.75 Å². The van der Waals surface area contributed by atoms with Gasteiger partial charge in [-0.2, -0.15) is 0 Å². The van der Waals surface area contributed by atoms with Crippen molar-refractivity contribution < 1.29 is 9.53 Å². The van der Waals surface area contributed by atoms with Gasteiger partial charge in [-0.25, -0.2) is 0 Å². The van der Waals surface area contributed by atoms with Crippen LogP contribution in [-0.4, -0.2) is 5.97 Å². The Hall–Kier alpha value is -1.31. The molecule has 0 aromatic heterocycles. The van der Waals surface area contributed by atoms with Gasteiger partial charge in [0.15, 0.2) is 0 Å². The third-order valence-corrected chi connectivity index (χ3v) is 1.35. The molecule has 0 heterocycles. The van der Waals surface area contributed by atoms with Crippen LogP contribution >= 0.6 is 0 Å². The monoisotopic (exact) mass is 163 g/mol. The molecule has 1 aromatic rings. The summed E-state index contributed by atoms with van der Waals surface area (Å²) in [5.41, 5.74) is 0. The highest BCUT2D eigenvalue weighted by Gasteiger charge is 2.01. The number of rotatable bonds is 3. The van der Waals surface area contributed by atoms with Crippen LogP contribution in [0.4, 0.5) is 0 Å². The van der Waals surface area contributed by atoms with E-state index >= 15 is 0 Å². The first-order chi connectivity index (χ1) is 5.83. The lowest BCUT2D eigenvalue weighted by atomic mass is 10.3. The summed E-state index contributed by atoms with van der Waals surface area (Å²) in [5, 5.41) is 0. The zero-order valence-corrected chi connectivity index (χ0v) is 6.99. The quantitative estimate of drug-likeness (QED) is 0.504. The largest absolute Gasteiger partial charge is 0.427 e. The maximum Gasteiger partial charge on any atom is 0.311 e. The lowest BCUT2D eigenvalue weighted by molar-refractivity contribution is -0.133. The Labute approximate surface area is 72.2 Å². The van der Waals surface area contributed by atoms with E-state index in [0.717, 1.165) is 0 Å². The first-order valence-corrected chi connectivity index (χ1v) is 3.86. The van der Waals surface area contributed by atoms with Gasteiger partial charge in [-0.15, -0.1) is 0 Å². The van der Waals surface area contributed by atoms with Crippen LogP contribution in [0, 0.1) is 6.42 Å². The molecule has 2 nitrogen and oxygen atoms in total. The maximum atomic E-state index is 11.0. The summed E-state index contributed by atoms with van der Waals surface area (Å²) in [6.45, 7) is 1.83. The number of carbonyl (C=O) groups excluding carboxylic acids is 1. The van der Waals surface area contributed by atoms with E-state index in [2.05, 4.69) is 0 Å². The number of para-hydroxylation sites is 1. The zero-order chi connectivity index (χ0) is 8.81. The van der Waals surface area contributed by atoms with Gasteiger partial charge in [-0.1, -0.05) is 25.1 Å². The standard InChI is InChI=1S/C10H11O2/c1-2-6-10(11)12-9-7-4-3-5-8-9/h2-5,7-8H,6H2,1H3. The van der Waals surface area contributed by atoms with Gasteiger partial charge in [-0.05, 0) is 18.6 Å². The molecule has 2 heteroatoms. The van der Waals surface area contributed by atoms with Crippen molar-refractivity contribution in [2.24, 2.45) is 0 Å². The summed E-state index contributed by atoms with van der Waals surface area (Å²) in [4.78, 5) is 11.0. The molecule has 0 atom stereocenters. The van der Waals surface area contributed by atoms with E-state index in [1.807, 2.05) is 25.1 Å². The average Bonchev–Trinajstić information content (AvgIpc) is 2.06. The van der Waals surface area contributed by atoms with Crippen molar-refractivity contribution in [2.75, 3.05) is 0 Å². The second-order valence-corrected chi connectivity index (χ2v) is 2.40. The fourth-order valence-corrected chi connectivity index (χ4v) is 0.828. The van der Waals surface area contributed by atoms with Gasteiger partial charge < -0.3 is 4.74 Å². The molecule has 0 N–H and O–H groups in total. The highest BCUT2D eigenvalue weighted by Crippen LogP contribution is 2.09. The van der Waals surface area contributed by atoms with E-state index in [0.29, 0.717) is 12.2 Å². The number of benzene rings is 1. The Morgan fingerprint density at radius 2 is 2.08 bits per heavy atom. The molecule has 1 radical (unpaired) electrons. The predicted molar refractivity (Wildman–Crippen MR) is 46.7 cm³/mol. The molecule has 0 aliphatic heterocycles. The second kappa shape index (κ2) is 4.54. The third-order valence-electron chi connectivity index (χ3n) is 1.35. The fraction of sp³-hybridized carbons (Fsp3) is 0.200. The maximum absolute atomic E-state index is 11.0. The normalized spacial score (nSPS) is 9.42. The van der Waals surface area contributed by atoms with Crippen molar-refractivity contribution in [1.29, 1.82) is 0 Å². The molecule has 63 valence electrons. The lowest BCUT2D eigenvalue weighted by Gasteiger charge is -2.01. The average molecular weight is 163 g/mol. The minimum atomic E-state index is -0.219. The van der Waals surface area contributed by atoms with Gasteiger partial charge in [0, 0.05) is 6.42 Å². The van der Waals surface area contributed by atoms with Gasteiger partial charge in [0.05, 0.1) is 0 Å². The van der Waals surface area contributed by atoms with Crippen LogP contribution in [0.15, 0.2) is 30.3 Å². The molecule has 0 amide bonds. The SMILES string of the molecule is C[CH]CC(=O)Oc1ccccc1. The van der Waals surface area contributed by atoms with E-state index < -0.39 is 0 Å². The van der Waals surface area contributed by atoms with Gasteiger partial charge in [0.2, 0.25) is 0 Å². The van der Waals surface area contributed by atoms with E-state index in [1.54, 1.807) is 18.6 Å². The Bertz CT molecular complexity index is 241. The van der Waals surface area contributed by atoms with Crippen molar-refractivity contribution in [3.05, 3.63) is 36.8 Å². The predicted octanol–water partition coefficient (Wildman–Crippen LogP) is 2.21. The topological polar surface area (TPSA) is 26.3 Å². The molecule has 0 saturated heterocycles. The number of hydrogen-bond donors (Lipinski definition) is 0. The summed E-state index contributed by atoms with van der Waals surface area (Å²) >= 11 is 0. The molecular weight excluding hydrogens is 152 g/mol. The van der Waals surface area contributed by atoms with E-state index in [-0.39, 0.29) is 5.97 Å². The molecule has 0 unspecified atom stereocenters. The van der Waals surface area contributed by atoms with Crippen molar-refractivity contribution >= 4 is 5.97 Å². The van der Waals surface area contributed by atoms with E-state index in [4.69, 9.17) is 4.74 Å². The third kappa shape index (κ3) is 2.74. The van der Waals surface area contributed by atoms with E-state index in [1.165, 1.54) is 0 Å². The van der Waals surface area contributed by atoms with Crippen LogP contribution in [0.5, 0.6) is 5.75 Å². The summed E-state index contributed by atoms with van der Waals surface area (Å²) in [5.74, 6) is 0.382. The van der Waals surface area contributed by atoms with Crippen molar-refractivity contribution in [1.82, 2.24) is 0 Å². The molecule has 0 aliphatic carbocycles. The minimum Gasteiger partial charge on any atom is -0.427 e. The van der Waals surface area contributed by atoms with Gasteiger partial charge in [0.25, 0.3) is 0 Å². The minimum absolute atomic E-state index is 0.219. The molecule has 0 spiro atoms. The molecule has 0 fully saturated rings. The molecule has 12 heavy (non-hydrogen) atoms. The summed E-state index contributed by atoms with van der Waals surface area (Å²) < 4.78 is 4.98. The fourth-order valence-electron chi connectivity index (χ4n) is 0.828. The smallest absolute Gasteiger partial charge is 0.311 e. The molecule has 0 aliphatic rings. The molecule has 1 aromatic carbocycles. The highest BCUT2D eigenvalue weighted by atomic mass is 16.5. The molecule has 0 saturated carbocycles. The second-order valence-electron chi connectivity index (χ2n) is 2.40. The Morgan fingerprint density at radius 3 is 2.67 bits per heavy atom. The number of esters is 1. The first kappa shape index (κ1) is 8.78. The van der Waals surface area contributed by atoms with Crippen molar-refractivity contribution in [3.63, 3.8) is 0 Å². The summed E-state index contributed by atoms with van der Waals surface area (Å²) in [6.07, 6.45) is 2.13. The lowest BCUT2D eigenvalue weighted by Crippen LogP contribution is -2.06. The Kier molecular flexibility index (Phi) is 3.33. The van der Waals surface area contributed by atoms with E-state index in [9.17, 15) is 4.79 Å². The molecule has 0 bridgehead atoms. The summed E-state index contributed by atoms with van der Waals surface area (Å²) in [6, 6.07) is 9.06. The number of carbonyl (C=O) groups is 1. The van der Waals surface area contributed by atoms with Gasteiger partial charge in [-0.3, -0.25) is 4.79 Å². The zero-order valence-electron chi connectivity index (χ0n) is 6.99. The Morgan fingerprint density at radius 1 is 1.42 bits per heavy atom. The van der Waals surface area contributed by atoms with Crippen LogP contribution < -0.4 is 4.74 Å². The van der Waals surface area contributed by atoms with Crippen molar-refractivity contribution in [3.8, 4) is 5.75 Å². The van der Waals surface area contributed by atoms with Crippen LogP contribution in [0.1, 0.15) is 13.3 Å². The van der Waals surface area contributed by atoms with Crippen LogP contribution in [-0.2, 0) is 4.79 Å². The number of hydrogen-bond acceptors (Lipinski definition) is 2. The Balaban J connectivity index is 2.47. The van der Waals surface area contributed by atoms with Crippen LogP contribution in [0.25, 0.3) is 0 Å². The number of ether oxygens (including phenoxy) is 1. The molecule has 1 rings (SSSR count). The van der Waals surface area contributed by atoms with Crippen LogP contribution in [0.3, 0.4) is 0 Å². The van der Waals surface area contributed by atoms with Gasteiger partial charge >= 0.3 is 5.97 Å². The van der Waals surface area contributed by atoms with Crippen LogP contribution in [0.2, 0.25) is 0 Å². The first-order valence-electron chi connectivity index (χ1n) is 3.86.